The molecular weight excluding hydrogens is 336 g/mol. The molecule has 0 aromatic heterocycles. The van der Waals surface area contributed by atoms with E-state index in [9.17, 15) is 24.0 Å². The maximum absolute atomic E-state index is 12.5. The average molecular weight is 358 g/mol. The molecule has 25 heavy (non-hydrogen) atoms. The fourth-order valence-electron chi connectivity index (χ4n) is 2.58. The molecule has 0 saturated carbocycles. The summed E-state index contributed by atoms with van der Waals surface area (Å²) in [5.41, 5.74) is 10.7. The van der Waals surface area contributed by atoms with Crippen LogP contribution in [0.15, 0.2) is 0 Å². The van der Waals surface area contributed by atoms with E-state index in [4.69, 9.17) is 21.7 Å². The van der Waals surface area contributed by atoms with Crippen LogP contribution in [0.1, 0.15) is 32.1 Å². The minimum absolute atomic E-state index is 0.153. The summed E-state index contributed by atoms with van der Waals surface area (Å²) in [4.78, 5) is 58.5. The van der Waals surface area contributed by atoms with Gasteiger partial charge in [-0.1, -0.05) is 0 Å². The molecule has 0 aliphatic carbocycles. The molecule has 0 unspecified atom stereocenters. The predicted octanol–water partition coefficient (Wildman–Crippen LogP) is -2.39. The van der Waals surface area contributed by atoms with Crippen molar-refractivity contribution in [2.45, 2.75) is 50.2 Å². The molecule has 0 aromatic rings. The highest BCUT2D eigenvalue weighted by Crippen LogP contribution is 2.19. The number of primary amides is 1. The van der Waals surface area contributed by atoms with Crippen LogP contribution >= 0.6 is 0 Å². The average Bonchev–Trinajstić information content (AvgIpc) is 3.00. The van der Waals surface area contributed by atoms with E-state index in [1.54, 1.807) is 0 Å². The molecule has 1 aliphatic heterocycles. The molecule has 1 saturated heterocycles. The normalized spacial score (nSPS) is 19.1. The van der Waals surface area contributed by atoms with Crippen LogP contribution in [0.25, 0.3) is 0 Å². The monoisotopic (exact) mass is 358 g/mol. The topological polar surface area (TPSA) is 193 Å². The minimum Gasteiger partial charge on any atom is -0.481 e. The Hall–Kier alpha value is -2.69. The van der Waals surface area contributed by atoms with E-state index in [1.807, 2.05) is 0 Å². The lowest BCUT2D eigenvalue weighted by Gasteiger charge is -2.27. The van der Waals surface area contributed by atoms with Crippen LogP contribution in [0.2, 0.25) is 0 Å². The Morgan fingerprint density at radius 2 is 1.84 bits per heavy atom. The Kier molecular flexibility index (Phi) is 7.30. The molecule has 11 nitrogen and oxygen atoms in total. The molecule has 0 bridgehead atoms. The highest BCUT2D eigenvalue weighted by Gasteiger charge is 2.38. The van der Waals surface area contributed by atoms with Crippen LogP contribution < -0.4 is 16.8 Å². The van der Waals surface area contributed by atoms with Crippen molar-refractivity contribution in [1.29, 1.82) is 0 Å². The van der Waals surface area contributed by atoms with Gasteiger partial charge in [0.2, 0.25) is 17.7 Å². The van der Waals surface area contributed by atoms with Gasteiger partial charge in [0.05, 0.1) is 12.5 Å². The van der Waals surface area contributed by atoms with Crippen molar-refractivity contribution in [3.05, 3.63) is 0 Å². The summed E-state index contributed by atoms with van der Waals surface area (Å²) in [5.74, 6) is -4.71. The molecule has 1 fully saturated rings. The number of carbonyl (C=O) groups is 5. The molecule has 0 spiro atoms. The Balaban J connectivity index is 2.80. The lowest BCUT2D eigenvalue weighted by molar-refractivity contribution is -0.149. The first-order valence-electron chi connectivity index (χ1n) is 7.72. The number of rotatable bonds is 9. The van der Waals surface area contributed by atoms with Crippen molar-refractivity contribution in [2.24, 2.45) is 11.5 Å². The summed E-state index contributed by atoms with van der Waals surface area (Å²) >= 11 is 0. The smallest absolute Gasteiger partial charge is 0.326 e. The number of hydrogen-bond acceptors (Lipinski definition) is 6. The largest absolute Gasteiger partial charge is 0.481 e. The van der Waals surface area contributed by atoms with Gasteiger partial charge in [-0.3, -0.25) is 19.2 Å². The van der Waals surface area contributed by atoms with Crippen molar-refractivity contribution in [3.63, 3.8) is 0 Å². The van der Waals surface area contributed by atoms with Crippen molar-refractivity contribution in [1.82, 2.24) is 10.2 Å². The van der Waals surface area contributed by atoms with Gasteiger partial charge in [-0.2, -0.15) is 0 Å². The number of amides is 3. The predicted molar refractivity (Wildman–Crippen MR) is 83.0 cm³/mol. The standard InChI is InChI=1S/C14H22N4O7/c15-7(3-4-11(20)21)12(22)17-8(6-10(16)19)13(23)18-5-1-2-9(18)14(24)25/h7-9H,1-6,15H2,(H2,16,19)(H,17,22)(H,20,21)(H,24,25)/t7-,8-,9+/m0/s1. The van der Waals surface area contributed by atoms with Gasteiger partial charge in [0.1, 0.15) is 12.1 Å². The van der Waals surface area contributed by atoms with Crippen LogP contribution in [0, 0.1) is 0 Å². The molecule has 7 N–H and O–H groups in total. The molecule has 3 amide bonds. The number of carbonyl (C=O) groups excluding carboxylic acids is 3. The number of hydrogen-bond donors (Lipinski definition) is 5. The van der Waals surface area contributed by atoms with Gasteiger partial charge in [-0.15, -0.1) is 0 Å². The molecule has 0 radical (unpaired) electrons. The van der Waals surface area contributed by atoms with Crippen molar-refractivity contribution < 1.29 is 34.2 Å². The zero-order valence-corrected chi connectivity index (χ0v) is 13.5. The lowest BCUT2D eigenvalue weighted by atomic mass is 10.1. The summed E-state index contributed by atoms with van der Waals surface area (Å²) in [6.45, 7) is 0.187. The highest BCUT2D eigenvalue weighted by molar-refractivity contribution is 5.95. The first-order chi connectivity index (χ1) is 11.6. The summed E-state index contributed by atoms with van der Waals surface area (Å²) in [7, 11) is 0. The number of aliphatic carboxylic acids is 2. The Morgan fingerprint density at radius 3 is 2.36 bits per heavy atom. The zero-order chi connectivity index (χ0) is 19.1. The van der Waals surface area contributed by atoms with Gasteiger partial charge in [-0.05, 0) is 19.3 Å². The fraction of sp³-hybridized carbons (Fsp3) is 0.643. The van der Waals surface area contributed by atoms with E-state index < -0.39 is 54.2 Å². The third kappa shape index (κ3) is 6.03. The lowest BCUT2D eigenvalue weighted by Crippen LogP contribution is -2.55. The number of nitrogens with two attached hydrogens (primary N) is 2. The highest BCUT2D eigenvalue weighted by atomic mass is 16.4. The first-order valence-corrected chi connectivity index (χ1v) is 7.72. The second kappa shape index (κ2) is 8.97. The van der Waals surface area contributed by atoms with Crippen LogP contribution in [-0.4, -0.2) is 69.4 Å². The molecule has 0 aromatic carbocycles. The molecular formula is C14H22N4O7. The number of nitrogens with one attached hydrogen (secondary N) is 1. The second-order valence-electron chi connectivity index (χ2n) is 5.80. The Morgan fingerprint density at radius 1 is 1.20 bits per heavy atom. The van der Waals surface area contributed by atoms with Crippen LogP contribution in [0.3, 0.4) is 0 Å². The maximum atomic E-state index is 12.5. The molecule has 140 valence electrons. The third-order valence-electron chi connectivity index (χ3n) is 3.85. The maximum Gasteiger partial charge on any atom is 0.326 e. The van der Waals surface area contributed by atoms with E-state index >= 15 is 0 Å². The number of likely N-dealkylation sites (tertiary alicyclic amines) is 1. The fourth-order valence-corrected chi connectivity index (χ4v) is 2.58. The van der Waals surface area contributed by atoms with Gasteiger partial charge < -0.3 is 31.9 Å². The summed E-state index contributed by atoms with van der Waals surface area (Å²) < 4.78 is 0. The number of carboxylic acid groups (broad SMARTS) is 2. The zero-order valence-electron chi connectivity index (χ0n) is 13.5. The molecule has 1 rings (SSSR count). The molecule has 1 aliphatic rings. The van der Waals surface area contributed by atoms with E-state index in [0.717, 1.165) is 4.90 Å². The van der Waals surface area contributed by atoms with Crippen molar-refractivity contribution in [2.75, 3.05) is 6.54 Å². The van der Waals surface area contributed by atoms with Gasteiger partial charge in [0.15, 0.2) is 0 Å². The molecule has 1 heterocycles. The van der Waals surface area contributed by atoms with Crippen LogP contribution in [-0.2, 0) is 24.0 Å². The quantitative estimate of drug-likeness (QED) is 0.301. The van der Waals surface area contributed by atoms with Gasteiger partial charge in [-0.25, -0.2) is 4.79 Å². The Bertz CT molecular complexity index is 565. The number of carboxylic acids is 2. The molecule has 3 atom stereocenters. The van der Waals surface area contributed by atoms with Crippen molar-refractivity contribution >= 4 is 29.7 Å². The summed E-state index contributed by atoms with van der Waals surface area (Å²) in [5, 5.41) is 20.0. The van der Waals surface area contributed by atoms with Gasteiger partial charge in [0.25, 0.3) is 0 Å². The summed E-state index contributed by atoms with van der Waals surface area (Å²) in [6.07, 6.45) is -0.246. The minimum atomic E-state index is -1.35. The third-order valence-corrected chi connectivity index (χ3v) is 3.85. The van der Waals surface area contributed by atoms with E-state index in [1.165, 1.54) is 0 Å². The van der Waals surface area contributed by atoms with E-state index in [0.29, 0.717) is 6.42 Å². The van der Waals surface area contributed by atoms with E-state index in [-0.39, 0.29) is 25.8 Å². The van der Waals surface area contributed by atoms with Crippen LogP contribution in [0.4, 0.5) is 0 Å². The number of nitrogens with zero attached hydrogens (tertiary/aromatic N) is 1. The van der Waals surface area contributed by atoms with Gasteiger partial charge >= 0.3 is 11.9 Å². The van der Waals surface area contributed by atoms with Gasteiger partial charge in [0, 0.05) is 13.0 Å². The van der Waals surface area contributed by atoms with Crippen molar-refractivity contribution in [3.8, 4) is 0 Å². The summed E-state index contributed by atoms with van der Waals surface area (Å²) in [6, 6.07) is -3.56. The van der Waals surface area contributed by atoms with Crippen LogP contribution in [0.5, 0.6) is 0 Å². The second-order valence-corrected chi connectivity index (χ2v) is 5.80. The SMILES string of the molecule is NC(=O)C[C@H](NC(=O)[C@@H](N)CCC(=O)O)C(=O)N1CCC[C@@H]1C(=O)O. The van der Waals surface area contributed by atoms with E-state index in [2.05, 4.69) is 5.32 Å². The molecule has 11 heteroatoms. The first kappa shape index (κ1) is 20.4. The Labute approximate surface area is 143 Å².